The van der Waals surface area contributed by atoms with Crippen molar-refractivity contribution in [2.75, 3.05) is 6.61 Å². The molecule has 0 bridgehead atoms. The Morgan fingerprint density at radius 2 is 1.94 bits per heavy atom. The van der Waals surface area contributed by atoms with Crippen LogP contribution in [0.2, 0.25) is 0 Å². The molecule has 0 radical (unpaired) electrons. The number of esters is 1. The fourth-order valence-electron chi connectivity index (χ4n) is 1.85. The summed E-state index contributed by atoms with van der Waals surface area (Å²) in [5.74, 6) is -2.12. The number of ether oxygens (including phenoxy) is 1. The molecule has 1 fully saturated rings. The van der Waals surface area contributed by atoms with Crippen molar-refractivity contribution < 1.29 is 24.2 Å². The van der Waals surface area contributed by atoms with E-state index in [2.05, 4.69) is 10.1 Å². The first-order valence-corrected chi connectivity index (χ1v) is 5.67. The molecule has 17 heavy (non-hydrogen) atoms. The summed E-state index contributed by atoms with van der Waals surface area (Å²) >= 11 is 0. The van der Waals surface area contributed by atoms with Gasteiger partial charge in [-0.3, -0.25) is 9.59 Å². The fraction of sp³-hybridized carbons (Fsp3) is 0.727. The average Bonchev–Trinajstić information content (AvgIpc) is 2.76. The quantitative estimate of drug-likeness (QED) is 0.678. The summed E-state index contributed by atoms with van der Waals surface area (Å²) in [6.07, 6.45) is 3.59. The minimum Gasteiger partial charge on any atom is -0.480 e. The van der Waals surface area contributed by atoms with Crippen LogP contribution in [0.1, 0.15) is 32.6 Å². The normalized spacial score (nSPS) is 17.5. The molecule has 1 aliphatic carbocycles. The molecule has 0 aliphatic heterocycles. The van der Waals surface area contributed by atoms with Crippen molar-refractivity contribution in [1.82, 2.24) is 5.32 Å². The third kappa shape index (κ3) is 4.42. The van der Waals surface area contributed by atoms with Crippen LogP contribution in [0.4, 0.5) is 0 Å². The van der Waals surface area contributed by atoms with Crippen LogP contribution in [0.5, 0.6) is 0 Å². The van der Waals surface area contributed by atoms with Crippen molar-refractivity contribution in [1.29, 1.82) is 0 Å². The lowest BCUT2D eigenvalue weighted by molar-refractivity contribution is -0.149. The Kier molecular flexibility index (Phi) is 4.93. The number of nitrogens with one attached hydrogen (secondary N) is 1. The number of hydrogen-bond acceptors (Lipinski definition) is 4. The van der Waals surface area contributed by atoms with Gasteiger partial charge in [0, 0.05) is 12.8 Å². The van der Waals surface area contributed by atoms with Gasteiger partial charge in [-0.25, -0.2) is 4.79 Å². The number of carboxylic acids is 1. The van der Waals surface area contributed by atoms with Gasteiger partial charge >= 0.3 is 11.9 Å². The van der Waals surface area contributed by atoms with E-state index in [1.807, 2.05) is 0 Å². The number of carbonyl (C=O) groups excluding carboxylic acids is 2. The summed E-state index contributed by atoms with van der Waals surface area (Å²) in [5, 5.41) is 11.3. The second-order valence-corrected chi connectivity index (χ2v) is 4.18. The summed E-state index contributed by atoms with van der Waals surface area (Å²) < 4.78 is 4.59. The molecular weight excluding hydrogens is 226 g/mol. The molecule has 1 aliphatic rings. The van der Waals surface area contributed by atoms with Gasteiger partial charge in [-0.1, -0.05) is 12.8 Å². The Morgan fingerprint density at radius 3 is 2.41 bits per heavy atom. The molecule has 0 saturated heterocycles. The topological polar surface area (TPSA) is 92.7 Å². The van der Waals surface area contributed by atoms with Crippen LogP contribution in [0, 0.1) is 5.92 Å². The minimum atomic E-state index is -1.20. The number of amides is 1. The molecule has 6 nitrogen and oxygen atoms in total. The van der Waals surface area contributed by atoms with Gasteiger partial charge in [-0.05, 0) is 12.8 Å². The highest BCUT2D eigenvalue weighted by atomic mass is 16.5. The Bertz CT molecular complexity index is 309. The lowest BCUT2D eigenvalue weighted by Crippen LogP contribution is -2.46. The minimum absolute atomic E-state index is 0.103. The highest BCUT2D eigenvalue weighted by Gasteiger charge is 2.27. The first-order chi connectivity index (χ1) is 8.00. The van der Waals surface area contributed by atoms with Gasteiger partial charge in [0.15, 0.2) is 6.04 Å². The second-order valence-electron chi connectivity index (χ2n) is 4.18. The lowest BCUT2D eigenvalue weighted by Gasteiger charge is -2.16. The maximum absolute atomic E-state index is 11.7. The zero-order chi connectivity index (χ0) is 12.8. The highest BCUT2D eigenvalue weighted by Crippen LogP contribution is 2.24. The molecule has 1 rings (SSSR count). The smallest absolute Gasteiger partial charge is 0.329 e. The zero-order valence-electron chi connectivity index (χ0n) is 9.77. The van der Waals surface area contributed by atoms with Crippen molar-refractivity contribution in [3.63, 3.8) is 0 Å². The van der Waals surface area contributed by atoms with E-state index in [-0.39, 0.29) is 18.4 Å². The van der Waals surface area contributed by atoms with Crippen molar-refractivity contribution >= 4 is 17.8 Å². The van der Waals surface area contributed by atoms with Gasteiger partial charge in [0.1, 0.15) is 6.61 Å². The van der Waals surface area contributed by atoms with Crippen molar-refractivity contribution in [2.24, 2.45) is 5.92 Å². The lowest BCUT2D eigenvalue weighted by atomic mass is 10.1. The first kappa shape index (κ1) is 13.5. The molecule has 96 valence electrons. The second kappa shape index (κ2) is 6.22. The Balaban J connectivity index is 2.44. The molecule has 2 N–H and O–H groups in total. The Labute approximate surface area is 99.3 Å². The van der Waals surface area contributed by atoms with Crippen LogP contribution in [-0.4, -0.2) is 35.6 Å². The van der Waals surface area contributed by atoms with Crippen LogP contribution in [0.25, 0.3) is 0 Å². The maximum Gasteiger partial charge on any atom is 0.329 e. The molecule has 6 heteroatoms. The van der Waals surface area contributed by atoms with E-state index in [9.17, 15) is 14.4 Å². The van der Waals surface area contributed by atoms with Gasteiger partial charge in [-0.2, -0.15) is 0 Å². The van der Waals surface area contributed by atoms with E-state index in [1.54, 1.807) is 0 Å². The molecule has 1 atom stereocenters. The molecule has 1 saturated carbocycles. The third-order valence-corrected chi connectivity index (χ3v) is 2.79. The van der Waals surface area contributed by atoms with E-state index >= 15 is 0 Å². The first-order valence-electron chi connectivity index (χ1n) is 5.67. The number of hydrogen-bond donors (Lipinski definition) is 2. The molecule has 0 heterocycles. The summed E-state index contributed by atoms with van der Waals surface area (Å²) in [4.78, 5) is 33.1. The van der Waals surface area contributed by atoms with E-state index in [0.29, 0.717) is 0 Å². The monoisotopic (exact) mass is 243 g/mol. The van der Waals surface area contributed by atoms with Crippen molar-refractivity contribution in [2.45, 2.75) is 38.6 Å². The van der Waals surface area contributed by atoms with E-state index < -0.39 is 18.0 Å². The van der Waals surface area contributed by atoms with Crippen molar-refractivity contribution in [3.05, 3.63) is 0 Å². The molecular formula is C11H17NO5. The van der Waals surface area contributed by atoms with Crippen LogP contribution < -0.4 is 5.32 Å². The van der Waals surface area contributed by atoms with Crippen LogP contribution in [-0.2, 0) is 19.1 Å². The number of rotatable bonds is 5. The molecule has 0 aromatic heterocycles. The van der Waals surface area contributed by atoms with Crippen LogP contribution >= 0.6 is 0 Å². The van der Waals surface area contributed by atoms with Gasteiger partial charge in [0.05, 0.1) is 0 Å². The van der Waals surface area contributed by atoms with E-state index in [4.69, 9.17) is 5.11 Å². The fourth-order valence-corrected chi connectivity index (χ4v) is 1.85. The summed E-state index contributed by atoms with van der Waals surface area (Å²) in [6.45, 7) is 0.862. The van der Waals surface area contributed by atoms with Gasteiger partial charge in [0.2, 0.25) is 5.91 Å². The molecule has 0 aromatic rings. The van der Waals surface area contributed by atoms with Gasteiger partial charge < -0.3 is 15.2 Å². The predicted octanol–water partition coefficient (Wildman–Crippen LogP) is 0.309. The molecule has 1 amide bonds. The van der Waals surface area contributed by atoms with Crippen LogP contribution in [0.3, 0.4) is 0 Å². The van der Waals surface area contributed by atoms with Gasteiger partial charge in [-0.15, -0.1) is 0 Å². The number of carbonyl (C=O) groups is 3. The zero-order valence-corrected chi connectivity index (χ0v) is 9.77. The summed E-state index contributed by atoms with van der Waals surface area (Å²) in [6, 6.07) is -1.16. The summed E-state index contributed by atoms with van der Waals surface area (Å²) in [7, 11) is 0. The Hall–Kier alpha value is -1.59. The molecule has 0 aromatic carbocycles. The predicted molar refractivity (Wildman–Crippen MR) is 58.2 cm³/mol. The third-order valence-electron chi connectivity index (χ3n) is 2.79. The molecule has 1 unspecified atom stereocenters. The SMILES string of the molecule is CC(=O)OCC(NC(=O)C1CCCC1)C(=O)O. The largest absolute Gasteiger partial charge is 0.480 e. The highest BCUT2D eigenvalue weighted by molar-refractivity contribution is 5.85. The van der Waals surface area contributed by atoms with Gasteiger partial charge in [0.25, 0.3) is 0 Å². The Morgan fingerprint density at radius 1 is 1.35 bits per heavy atom. The maximum atomic E-state index is 11.7. The summed E-state index contributed by atoms with van der Waals surface area (Å²) in [5.41, 5.74) is 0. The molecule has 0 spiro atoms. The number of aliphatic carboxylic acids is 1. The standard InChI is InChI=1S/C11H17NO5/c1-7(13)17-6-9(11(15)16)12-10(14)8-4-2-3-5-8/h8-9H,2-6H2,1H3,(H,12,14)(H,15,16). The van der Waals surface area contributed by atoms with E-state index in [0.717, 1.165) is 25.7 Å². The van der Waals surface area contributed by atoms with E-state index in [1.165, 1.54) is 6.92 Å². The number of carboxylic acid groups (broad SMARTS) is 1. The van der Waals surface area contributed by atoms with Crippen LogP contribution in [0.15, 0.2) is 0 Å². The van der Waals surface area contributed by atoms with Crippen molar-refractivity contribution in [3.8, 4) is 0 Å². The average molecular weight is 243 g/mol.